The number of fused-ring (bicyclic) bond motifs is 4. The molecule has 248 valence electrons. The van der Waals surface area contributed by atoms with E-state index in [2.05, 4.69) is 131 Å². The maximum atomic E-state index is 6.28. The van der Waals surface area contributed by atoms with Gasteiger partial charge in [-0.1, -0.05) is 109 Å². The standard InChI is InChI=1S/C48H30N4O/c1-2-8-31(9-3-1)35-19-21-45-41(25-35)42-26-37(20-22-46(42)53-45)48-51-30-44(36-12-6-11-34(24-36)38-13-7-23-49-27-38)47(52-48)33-17-15-32(16-18-33)43-29-50-28-39-10-4-5-14-40(39)43/h1-30H. The molecule has 0 N–H and O–H groups in total. The molecular weight excluding hydrogens is 649 g/mol. The van der Waals surface area contributed by atoms with Crippen LogP contribution in [0.1, 0.15) is 0 Å². The van der Waals surface area contributed by atoms with E-state index in [1.165, 1.54) is 10.9 Å². The molecule has 0 aliphatic rings. The van der Waals surface area contributed by atoms with Gasteiger partial charge in [-0.05, 0) is 75.7 Å². The van der Waals surface area contributed by atoms with Gasteiger partial charge in [-0.3, -0.25) is 9.97 Å². The highest BCUT2D eigenvalue weighted by atomic mass is 16.3. The summed E-state index contributed by atoms with van der Waals surface area (Å²) in [6.07, 6.45) is 9.48. The topological polar surface area (TPSA) is 64.7 Å². The molecule has 4 aromatic heterocycles. The molecule has 0 fully saturated rings. The van der Waals surface area contributed by atoms with Gasteiger partial charge >= 0.3 is 0 Å². The van der Waals surface area contributed by atoms with Crippen LogP contribution >= 0.6 is 0 Å². The highest BCUT2D eigenvalue weighted by molar-refractivity contribution is 6.07. The van der Waals surface area contributed by atoms with Gasteiger partial charge in [0.15, 0.2) is 5.82 Å². The van der Waals surface area contributed by atoms with Crippen molar-refractivity contribution >= 4 is 32.7 Å². The second kappa shape index (κ2) is 12.8. The van der Waals surface area contributed by atoms with Gasteiger partial charge < -0.3 is 4.42 Å². The van der Waals surface area contributed by atoms with E-state index in [1.54, 1.807) is 6.20 Å². The number of aromatic nitrogens is 4. The third-order valence-corrected chi connectivity index (χ3v) is 9.93. The fourth-order valence-corrected chi connectivity index (χ4v) is 7.23. The third kappa shape index (κ3) is 5.61. The number of benzene rings is 6. The van der Waals surface area contributed by atoms with Gasteiger partial charge in [-0.15, -0.1) is 0 Å². The minimum Gasteiger partial charge on any atom is -0.456 e. The molecule has 6 aromatic carbocycles. The van der Waals surface area contributed by atoms with Gasteiger partial charge in [0.25, 0.3) is 0 Å². The molecule has 0 radical (unpaired) electrons. The van der Waals surface area contributed by atoms with Gasteiger partial charge in [0.2, 0.25) is 0 Å². The lowest BCUT2D eigenvalue weighted by Crippen LogP contribution is -1.96. The zero-order chi connectivity index (χ0) is 35.1. The summed E-state index contributed by atoms with van der Waals surface area (Å²) in [5.74, 6) is 0.643. The predicted octanol–water partition coefficient (Wildman–Crippen LogP) is 12.3. The van der Waals surface area contributed by atoms with Crippen LogP contribution in [-0.4, -0.2) is 19.9 Å². The summed E-state index contributed by atoms with van der Waals surface area (Å²) in [6, 6.07) is 52.5. The van der Waals surface area contributed by atoms with Crippen molar-refractivity contribution in [3.05, 3.63) is 183 Å². The number of rotatable bonds is 6. The van der Waals surface area contributed by atoms with E-state index in [1.807, 2.05) is 55.1 Å². The largest absolute Gasteiger partial charge is 0.456 e. The number of hydrogen-bond acceptors (Lipinski definition) is 5. The lowest BCUT2D eigenvalue weighted by molar-refractivity contribution is 0.669. The summed E-state index contributed by atoms with van der Waals surface area (Å²) in [4.78, 5) is 19.2. The predicted molar refractivity (Wildman–Crippen MR) is 215 cm³/mol. The Kier molecular flexibility index (Phi) is 7.40. The summed E-state index contributed by atoms with van der Waals surface area (Å²) >= 11 is 0. The van der Waals surface area contributed by atoms with Crippen LogP contribution < -0.4 is 0 Å². The van der Waals surface area contributed by atoms with E-state index in [-0.39, 0.29) is 0 Å². The summed E-state index contributed by atoms with van der Waals surface area (Å²) in [7, 11) is 0. The van der Waals surface area contributed by atoms with Crippen LogP contribution in [-0.2, 0) is 0 Å². The quantitative estimate of drug-likeness (QED) is 0.175. The van der Waals surface area contributed by atoms with E-state index < -0.39 is 0 Å². The normalized spacial score (nSPS) is 11.4. The molecular formula is C48H30N4O. The van der Waals surface area contributed by atoms with Gasteiger partial charge in [-0.2, -0.15) is 0 Å². The average Bonchev–Trinajstić information content (AvgIpc) is 3.61. The van der Waals surface area contributed by atoms with E-state index >= 15 is 0 Å². The van der Waals surface area contributed by atoms with Crippen molar-refractivity contribution in [1.82, 2.24) is 19.9 Å². The second-order valence-corrected chi connectivity index (χ2v) is 13.2. The SMILES string of the molecule is c1ccc(-c2ccc3oc4ccc(-c5ncc(-c6cccc(-c7cccnc7)c6)c(-c6ccc(-c7cncc8ccccc78)cc6)n5)cc4c3c2)cc1. The molecule has 0 aliphatic carbocycles. The molecule has 5 heteroatoms. The summed E-state index contributed by atoms with van der Waals surface area (Å²) in [5, 5.41) is 4.38. The van der Waals surface area contributed by atoms with Crippen molar-refractivity contribution < 1.29 is 4.42 Å². The minimum atomic E-state index is 0.643. The molecule has 5 nitrogen and oxygen atoms in total. The Labute approximate surface area is 305 Å². The van der Waals surface area contributed by atoms with Crippen LogP contribution in [0.15, 0.2) is 187 Å². The van der Waals surface area contributed by atoms with Crippen molar-refractivity contribution in [3.63, 3.8) is 0 Å². The molecule has 0 saturated carbocycles. The lowest BCUT2D eigenvalue weighted by Gasteiger charge is -2.13. The maximum Gasteiger partial charge on any atom is 0.159 e. The fourth-order valence-electron chi connectivity index (χ4n) is 7.23. The molecule has 10 rings (SSSR count). The molecule has 10 aromatic rings. The van der Waals surface area contributed by atoms with Gasteiger partial charge in [0.05, 0.1) is 5.69 Å². The highest BCUT2D eigenvalue weighted by Gasteiger charge is 2.17. The Morgan fingerprint density at radius 3 is 1.89 bits per heavy atom. The van der Waals surface area contributed by atoms with Crippen LogP contribution in [0.25, 0.3) is 99.9 Å². The lowest BCUT2D eigenvalue weighted by atomic mass is 9.95. The van der Waals surface area contributed by atoms with Crippen molar-refractivity contribution in [3.8, 4) is 67.2 Å². The van der Waals surface area contributed by atoms with Crippen LogP contribution in [0.5, 0.6) is 0 Å². The monoisotopic (exact) mass is 678 g/mol. The van der Waals surface area contributed by atoms with Crippen LogP contribution in [0.2, 0.25) is 0 Å². The Morgan fingerprint density at radius 2 is 1.06 bits per heavy atom. The maximum absolute atomic E-state index is 6.28. The summed E-state index contributed by atoms with van der Waals surface area (Å²) < 4.78 is 6.28. The smallest absolute Gasteiger partial charge is 0.159 e. The van der Waals surface area contributed by atoms with E-state index in [0.29, 0.717) is 5.82 Å². The molecule has 0 amide bonds. The minimum absolute atomic E-state index is 0.643. The molecule has 0 aliphatic heterocycles. The first-order valence-electron chi connectivity index (χ1n) is 17.6. The van der Waals surface area contributed by atoms with Crippen molar-refractivity contribution in [2.24, 2.45) is 0 Å². The van der Waals surface area contributed by atoms with E-state index in [4.69, 9.17) is 14.4 Å². The Balaban J connectivity index is 1.11. The number of nitrogens with zero attached hydrogens (tertiary/aromatic N) is 4. The Hall–Kier alpha value is -7.24. The molecule has 53 heavy (non-hydrogen) atoms. The van der Waals surface area contributed by atoms with Crippen LogP contribution in [0.4, 0.5) is 0 Å². The first-order chi connectivity index (χ1) is 26.2. The van der Waals surface area contributed by atoms with Gasteiger partial charge in [-0.25, -0.2) is 9.97 Å². The molecule has 0 spiro atoms. The molecule has 0 atom stereocenters. The van der Waals surface area contributed by atoms with E-state index in [0.717, 1.165) is 83.1 Å². The van der Waals surface area contributed by atoms with Gasteiger partial charge in [0.1, 0.15) is 11.2 Å². The number of pyridine rings is 2. The molecule has 0 bridgehead atoms. The number of hydrogen-bond donors (Lipinski definition) is 0. The Morgan fingerprint density at radius 1 is 0.377 bits per heavy atom. The van der Waals surface area contributed by atoms with Crippen LogP contribution in [0, 0.1) is 0 Å². The summed E-state index contributed by atoms with van der Waals surface area (Å²) in [6.45, 7) is 0. The zero-order valence-electron chi connectivity index (χ0n) is 28.5. The van der Waals surface area contributed by atoms with Crippen LogP contribution in [0.3, 0.4) is 0 Å². The first-order valence-corrected chi connectivity index (χ1v) is 17.6. The average molecular weight is 679 g/mol. The highest BCUT2D eigenvalue weighted by Crippen LogP contribution is 2.38. The number of furan rings is 1. The third-order valence-electron chi connectivity index (χ3n) is 9.93. The second-order valence-electron chi connectivity index (χ2n) is 13.2. The van der Waals surface area contributed by atoms with Crippen molar-refractivity contribution in [2.75, 3.05) is 0 Å². The van der Waals surface area contributed by atoms with Crippen molar-refractivity contribution in [2.45, 2.75) is 0 Å². The molecule has 0 saturated heterocycles. The summed E-state index contributed by atoms with van der Waals surface area (Å²) in [5.41, 5.74) is 13.1. The van der Waals surface area contributed by atoms with E-state index in [9.17, 15) is 0 Å². The van der Waals surface area contributed by atoms with Crippen molar-refractivity contribution in [1.29, 1.82) is 0 Å². The Bertz CT molecular complexity index is 2930. The molecule has 0 unspecified atom stereocenters. The molecule has 4 heterocycles. The van der Waals surface area contributed by atoms with Gasteiger partial charge in [0, 0.05) is 75.0 Å². The first kappa shape index (κ1) is 30.6. The zero-order valence-corrected chi connectivity index (χ0v) is 28.5. The fraction of sp³-hybridized carbons (Fsp3) is 0.